The largest absolute Gasteiger partial charge is 0.218 e. The van der Waals surface area contributed by atoms with Crippen molar-refractivity contribution in [1.82, 2.24) is 0 Å². The second-order valence-corrected chi connectivity index (χ2v) is 1.63. The maximum absolute atomic E-state index is 4.59. The van der Waals surface area contributed by atoms with E-state index in [-0.39, 0.29) is 12.4 Å². The van der Waals surface area contributed by atoms with Crippen molar-refractivity contribution in [2.24, 2.45) is 5.90 Å². The van der Waals surface area contributed by atoms with Crippen molar-refractivity contribution in [3.05, 3.63) is 0 Å². The summed E-state index contributed by atoms with van der Waals surface area (Å²) in [4.78, 5) is 8.30. The van der Waals surface area contributed by atoms with Crippen LogP contribution in [0.4, 0.5) is 0 Å². The van der Waals surface area contributed by atoms with Crippen LogP contribution in [-0.4, -0.2) is 6.61 Å². The van der Waals surface area contributed by atoms with Gasteiger partial charge >= 0.3 is 0 Å². The fourth-order valence-electron chi connectivity index (χ4n) is 0.459. The number of hydrogen-bond acceptors (Lipinski definition) is 3. The first-order valence-corrected chi connectivity index (χ1v) is 2.90. The molecule has 0 aliphatic rings. The molecule has 0 unspecified atom stereocenters. The fourth-order valence-corrected chi connectivity index (χ4v) is 0.459. The lowest BCUT2D eigenvalue weighted by molar-refractivity contribution is -0.299. The summed E-state index contributed by atoms with van der Waals surface area (Å²) in [5.74, 6) is 4.59. The molecule has 3 nitrogen and oxygen atoms in total. The lowest BCUT2D eigenvalue weighted by Gasteiger charge is -1.95. The van der Waals surface area contributed by atoms with Crippen LogP contribution in [-0.2, 0) is 9.88 Å². The van der Waals surface area contributed by atoms with Crippen LogP contribution >= 0.6 is 12.4 Å². The number of halogens is 1. The van der Waals surface area contributed by atoms with Crippen LogP contribution in [0.15, 0.2) is 0 Å². The molecule has 0 aromatic carbocycles. The van der Waals surface area contributed by atoms with Crippen LogP contribution in [0.25, 0.3) is 0 Å². The van der Waals surface area contributed by atoms with Crippen LogP contribution in [0.5, 0.6) is 0 Å². The Bertz CT molecular complexity index is 39.9. The summed E-state index contributed by atoms with van der Waals surface area (Å²) in [7, 11) is 0. The van der Waals surface area contributed by atoms with E-state index in [1.54, 1.807) is 0 Å². The molecule has 0 aromatic rings. The highest BCUT2D eigenvalue weighted by atomic mass is 35.5. The van der Waals surface area contributed by atoms with Gasteiger partial charge in [0, 0.05) is 0 Å². The normalized spacial score (nSPS) is 8.67. The standard InChI is InChI=1S/C5H13NO2.ClH/c1-2-3-4-5-7-8-6;/h2-6H2,1H3;1H. The smallest absolute Gasteiger partial charge is 0.0842 e. The third-order valence-electron chi connectivity index (χ3n) is 0.899. The summed E-state index contributed by atoms with van der Waals surface area (Å²) in [6.45, 7) is 2.73. The van der Waals surface area contributed by atoms with E-state index < -0.39 is 0 Å². The first-order chi connectivity index (χ1) is 3.91. The van der Waals surface area contributed by atoms with Crippen molar-refractivity contribution in [3.63, 3.8) is 0 Å². The minimum absolute atomic E-state index is 0. The fraction of sp³-hybridized carbons (Fsp3) is 1.00. The SMILES string of the molecule is CCCCCOON.Cl. The molecule has 0 saturated heterocycles. The Kier molecular flexibility index (Phi) is 14.6. The van der Waals surface area contributed by atoms with Gasteiger partial charge in [-0.25, -0.2) is 4.89 Å². The molecule has 0 aliphatic heterocycles. The Hall–Kier alpha value is 0.170. The monoisotopic (exact) mass is 155 g/mol. The minimum Gasteiger partial charge on any atom is -0.218 e. The lowest BCUT2D eigenvalue weighted by Crippen LogP contribution is -2.01. The molecule has 58 valence electrons. The predicted octanol–water partition coefficient (Wildman–Crippen LogP) is 1.42. The molecule has 0 aromatic heterocycles. The Labute approximate surface area is 61.8 Å². The average molecular weight is 156 g/mol. The van der Waals surface area contributed by atoms with Crippen LogP contribution in [0.2, 0.25) is 0 Å². The molecule has 9 heavy (non-hydrogen) atoms. The quantitative estimate of drug-likeness (QED) is 0.371. The van der Waals surface area contributed by atoms with E-state index in [1.807, 2.05) is 0 Å². The highest BCUT2D eigenvalue weighted by Crippen LogP contribution is 1.92. The van der Waals surface area contributed by atoms with E-state index >= 15 is 0 Å². The Morgan fingerprint density at radius 1 is 1.33 bits per heavy atom. The first kappa shape index (κ1) is 11.9. The number of nitrogens with two attached hydrogens (primary N) is 1. The molecule has 2 N–H and O–H groups in total. The van der Waals surface area contributed by atoms with E-state index in [0.717, 1.165) is 6.42 Å². The highest BCUT2D eigenvalue weighted by molar-refractivity contribution is 5.85. The predicted molar refractivity (Wildman–Crippen MR) is 38.0 cm³/mol. The first-order valence-electron chi connectivity index (χ1n) is 2.90. The number of rotatable bonds is 5. The van der Waals surface area contributed by atoms with Gasteiger partial charge in [0.1, 0.15) is 0 Å². The van der Waals surface area contributed by atoms with E-state index in [9.17, 15) is 0 Å². The van der Waals surface area contributed by atoms with Crippen molar-refractivity contribution >= 4 is 12.4 Å². The zero-order chi connectivity index (χ0) is 6.24. The molecule has 0 radical (unpaired) electrons. The molecule has 0 heterocycles. The van der Waals surface area contributed by atoms with Gasteiger partial charge in [-0.1, -0.05) is 19.8 Å². The minimum atomic E-state index is 0. The number of hydrogen-bond donors (Lipinski definition) is 1. The van der Waals surface area contributed by atoms with Crippen molar-refractivity contribution in [1.29, 1.82) is 0 Å². The summed E-state index contributed by atoms with van der Waals surface area (Å²) in [6.07, 6.45) is 3.38. The van der Waals surface area contributed by atoms with Crippen molar-refractivity contribution < 1.29 is 9.88 Å². The highest BCUT2D eigenvalue weighted by Gasteiger charge is 1.83. The van der Waals surface area contributed by atoms with E-state index in [2.05, 4.69) is 22.7 Å². The third-order valence-corrected chi connectivity index (χ3v) is 0.899. The average Bonchev–Trinajstić information content (AvgIpc) is 1.81. The van der Waals surface area contributed by atoms with Gasteiger partial charge in [-0.15, -0.1) is 17.4 Å². The molecular formula is C5H14ClNO2. The Balaban J connectivity index is 0. The van der Waals surface area contributed by atoms with Gasteiger partial charge in [-0.3, -0.25) is 0 Å². The molecule has 0 bridgehead atoms. The summed E-state index contributed by atoms with van der Waals surface area (Å²) in [5, 5.41) is 0. The van der Waals surface area contributed by atoms with E-state index in [0.29, 0.717) is 6.61 Å². The van der Waals surface area contributed by atoms with Gasteiger partial charge < -0.3 is 0 Å². The maximum Gasteiger partial charge on any atom is 0.0842 e. The third kappa shape index (κ3) is 11.6. The van der Waals surface area contributed by atoms with Crippen LogP contribution < -0.4 is 5.90 Å². The summed E-state index contributed by atoms with van der Waals surface area (Å²) < 4.78 is 0. The zero-order valence-electron chi connectivity index (χ0n) is 5.63. The maximum atomic E-state index is 4.59. The van der Waals surface area contributed by atoms with Gasteiger partial charge in [-0.2, -0.15) is 5.90 Å². The lowest BCUT2D eigenvalue weighted by atomic mass is 10.3. The van der Waals surface area contributed by atoms with Crippen molar-refractivity contribution in [3.8, 4) is 0 Å². The van der Waals surface area contributed by atoms with Gasteiger partial charge in [0.25, 0.3) is 0 Å². The molecule has 0 saturated carbocycles. The van der Waals surface area contributed by atoms with Crippen molar-refractivity contribution in [2.45, 2.75) is 26.2 Å². The molecule has 0 rings (SSSR count). The Morgan fingerprint density at radius 2 is 2.00 bits per heavy atom. The van der Waals surface area contributed by atoms with Crippen LogP contribution in [0.1, 0.15) is 26.2 Å². The Morgan fingerprint density at radius 3 is 2.44 bits per heavy atom. The molecule has 0 fully saturated rings. The van der Waals surface area contributed by atoms with Crippen LogP contribution in [0.3, 0.4) is 0 Å². The molecule has 0 atom stereocenters. The van der Waals surface area contributed by atoms with Gasteiger partial charge in [0.05, 0.1) is 6.61 Å². The van der Waals surface area contributed by atoms with Gasteiger partial charge in [0.2, 0.25) is 0 Å². The number of unbranched alkanes of at least 4 members (excludes halogenated alkanes) is 2. The van der Waals surface area contributed by atoms with Crippen molar-refractivity contribution in [2.75, 3.05) is 6.61 Å². The molecular weight excluding hydrogens is 142 g/mol. The zero-order valence-corrected chi connectivity index (χ0v) is 6.45. The topological polar surface area (TPSA) is 44.5 Å². The summed E-state index contributed by atoms with van der Waals surface area (Å²) >= 11 is 0. The summed E-state index contributed by atoms with van der Waals surface area (Å²) in [6, 6.07) is 0. The molecule has 0 spiro atoms. The molecule has 0 amide bonds. The van der Waals surface area contributed by atoms with Crippen LogP contribution in [0, 0.1) is 0 Å². The second-order valence-electron chi connectivity index (χ2n) is 1.63. The van der Waals surface area contributed by atoms with E-state index in [4.69, 9.17) is 0 Å². The van der Waals surface area contributed by atoms with Gasteiger partial charge in [0.15, 0.2) is 0 Å². The van der Waals surface area contributed by atoms with Gasteiger partial charge in [-0.05, 0) is 6.42 Å². The van der Waals surface area contributed by atoms with E-state index in [1.165, 1.54) is 12.8 Å². The summed E-state index contributed by atoms with van der Waals surface area (Å²) in [5.41, 5.74) is 0. The molecule has 4 heteroatoms. The molecule has 0 aliphatic carbocycles. The second kappa shape index (κ2) is 11.0.